The summed E-state index contributed by atoms with van der Waals surface area (Å²) in [5.41, 5.74) is 5.71. The summed E-state index contributed by atoms with van der Waals surface area (Å²) >= 11 is 0. The van der Waals surface area contributed by atoms with E-state index in [1.807, 2.05) is 6.20 Å². The zero-order valence-electron chi connectivity index (χ0n) is 11.1. The Morgan fingerprint density at radius 3 is 2.71 bits per heavy atom. The van der Waals surface area contributed by atoms with Crippen LogP contribution in [0.25, 0.3) is 0 Å². The lowest BCUT2D eigenvalue weighted by atomic mass is 9.88. The van der Waals surface area contributed by atoms with Crippen molar-refractivity contribution in [3.8, 4) is 0 Å². The van der Waals surface area contributed by atoms with Gasteiger partial charge in [-0.2, -0.15) is 0 Å². The number of hydrogen-bond acceptors (Lipinski definition) is 3. The van der Waals surface area contributed by atoms with Gasteiger partial charge in [0.1, 0.15) is 5.82 Å². The van der Waals surface area contributed by atoms with Crippen LogP contribution in [-0.2, 0) is 13.0 Å². The van der Waals surface area contributed by atoms with Crippen LogP contribution < -0.4 is 5.73 Å². The van der Waals surface area contributed by atoms with Crippen molar-refractivity contribution in [3.63, 3.8) is 0 Å². The first-order valence-corrected chi connectivity index (χ1v) is 6.48. The molecule has 4 nitrogen and oxygen atoms in total. The number of imidazole rings is 1. The van der Waals surface area contributed by atoms with Gasteiger partial charge in [0.2, 0.25) is 0 Å². The van der Waals surface area contributed by atoms with E-state index in [4.69, 9.17) is 5.73 Å². The van der Waals surface area contributed by atoms with Crippen LogP contribution in [0.4, 0.5) is 0 Å². The first kappa shape index (κ1) is 14.2. The molecule has 98 valence electrons. The highest BCUT2D eigenvalue weighted by molar-refractivity contribution is 4.95. The SMILES string of the molecule is CCCn1ccnc1CC(O)C(CN)C(C)C. The minimum Gasteiger partial charge on any atom is -0.392 e. The average Bonchev–Trinajstić information content (AvgIpc) is 2.66. The molecule has 1 rings (SSSR count). The second-order valence-corrected chi connectivity index (χ2v) is 4.95. The van der Waals surface area contributed by atoms with E-state index in [9.17, 15) is 5.11 Å². The zero-order valence-corrected chi connectivity index (χ0v) is 11.1. The normalized spacial score (nSPS) is 15.2. The molecule has 2 atom stereocenters. The molecule has 0 saturated carbocycles. The van der Waals surface area contributed by atoms with Crippen LogP contribution in [0.1, 0.15) is 33.0 Å². The molecule has 4 heteroatoms. The summed E-state index contributed by atoms with van der Waals surface area (Å²) in [7, 11) is 0. The summed E-state index contributed by atoms with van der Waals surface area (Å²) in [5, 5.41) is 10.2. The Morgan fingerprint density at radius 2 is 2.18 bits per heavy atom. The number of aromatic nitrogens is 2. The summed E-state index contributed by atoms with van der Waals surface area (Å²) in [6.45, 7) is 7.81. The Morgan fingerprint density at radius 1 is 1.47 bits per heavy atom. The average molecular weight is 239 g/mol. The van der Waals surface area contributed by atoms with Gasteiger partial charge in [-0.05, 0) is 24.8 Å². The van der Waals surface area contributed by atoms with Crippen molar-refractivity contribution in [2.45, 2.75) is 46.3 Å². The van der Waals surface area contributed by atoms with E-state index in [1.165, 1.54) is 0 Å². The molecule has 0 bridgehead atoms. The van der Waals surface area contributed by atoms with E-state index in [-0.39, 0.29) is 5.92 Å². The number of nitrogens with two attached hydrogens (primary N) is 1. The van der Waals surface area contributed by atoms with Gasteiger partial charge < -0.3 is 15.4 Å². The van der Waals surface area contributed by atoms with E-state index >= 15 is 0 Å². The summed E-state index contributed by atoms with van der Waals surface area (Å²) < 4.78 is 2.11. The van der Waals surface area contributed by atoms with Crippen LogP contribution in [-0.4, -0.2) is 27.3 Å². The molecule has 17 heavy (non-hydrogen) atoms. The van der Waals surface area contributed by atoms with Crippen LogP contribution in [0.3, 0.4) is 0 Å². The minimum atomic E-state index is -0.405. The van der Waals surface area contributed by atoms with Crippen LogP contribution in [0.2, 0.25) is 0 Å². The van der Waals surface area contributed by atoms with Gasteiger partial charge in [0.05, 0.1) is 6.10 Å². The lowest BCUT2D eigenvalue weighted by Gasteiger charge is -2.24. The van der Waals surface area contributed by atoms with E-state index in [0.29, 0.717) is 18.9 Å². The molecule has 0 aliphatic heterocycles. The lowest BCUT2D eigenvalue weighted by Crippen LogP contribution is -2.34. The molecular weight excluding hydrogens is 214 g/mol. The number of aliphatic hydroxyl groups excluding tert-OH is 1. The van der Waals surface area contributed by atoms with E-state index < -0.39 is 6.10 Å². The van der Waals surface area contributed by atoms with Crippen molar-refractivity contribution < 1.29 is 5.11 Å². The molecule has 1 heterocycles. The molecule has 0 amide bonds. The highest BCUT2D eigenvalue weighted by Gasteiger charge is 2.22. The van der Waals surface area contributed by atoms with Crippen molar-refractivity contribution in [3.05, 3.63) is 18.2 Å². The number of rotatable bonds is 7. The summed E-state index contributed by atoms with van der Waals surface area (Å²) in [5.74, 6) is 1.49. The maximum absolute atomic E-state index is 10.2. The Balaban J connectivity index is 2.66. The predicted molar refractivity (Wildman–Crippen MR) is 69.6 cm³/mol. The first-order chi connectivity index (χ1) is 8.10. The number of nitrogens with zero attached hydrogens (tertiary/aromatic N) is 2. The molecular formula is C13H25N3O. The maximum atomic E-state index is 10.2. The third-order valence-corrected chi connectivity index (χ3v) is 3.28. The second kappa shape index (κ2) is 6.77. The van der Waals surface area contributed by atoms with Gasteiger partial charge in [-0.25, -0.2) is 4.98 Å². The van der Waals surface area contributed by atoms with Gasteiger partial charge in [-0.1, -0.05) is 20.8 Å². The van der Waals surface area contributed by atoms with Gasteiger partial charge in [0, 0.05) is 25.4 Å². The monoisotopic (exact) mass is 239 g/mol. The lowest BCUT2D eigenvalue weighted by molar-refractivity contribution is 0.0837. The van der Waals surface area contributed by atoms with Gasteiger partial charge in [-0.3, -0.25) is 0 Å². The van der Waals surface area contributed by atoms with E-state index in [1.54, 1.807) is 6.20 Å². The molecule has 0 aromatic carbocycles. The Labute approximate surface area is 104 Å². The summed E-state index contributed by atoms with van der Waals surface area (Å²) in [6, 6.07) is 0. The van der Waals surface area contributed by atoms with Gasteiger partial charge >= 0.3 is 0 Å². The largest absolute Gasteiger partial charge is 0.392 e. The van der Waals surface area contributed by atoms with Crippen LogP contribution >= 0.6 is 0 Å². The standard InChI is InChI=1S/C13H25N3O/c1-4-6-16-7-5-15-13(16)8-12(17)11(9-14)10(2)3/h5,7,10-12,17H,4,6,8-9,14H2,1-3H3. The van der Waals surface area contributed by atoms with Gasteiger partial charge in [0.25, 0.3) is 0 Å². The Bertz CT molecular complexity index is 322. The molecule has 0 radical (unpaired) electrons. The van der Waals surface area contributed by atoms with E-state index in [2.05, 4.69) is 30.3 Å². The molecule has 1 aromatic rings. The van der Waals surface area contributed by atoms with Crippen molar-refractivity contribution in [2.24, 2.45) is 17.6 Å². The topological polar surface area (TPSA) is 64.1 Å². The number of hydrogen-bond donors (Lipinski definition) is 2. The van der Waals surface area contributed by atoms with Crippen LogP contribution in [0.5, 0.6) is 0 Å². The zero-order chi connectivity index (χ0) is 12.8. The molecule has 2 unspecified atom stereocenters. The molecule has 0 aliphatic carbocycles. The molecule has 0 fully saturated rings. The third-order valence-electron chi connectivity index (χ3n) is 3.28. The van der Waals surface area contributed by atoms with Crippen LogP contribution in [0, 0.1) is 11.8 Å². The van der Waals surface area contributed by atoms with Crippen LogP contribution in [0.15, 0.2) is 12.4 Å². The molecule has 0 aliphatic rings. The molecule has 1 aromatic heterocycles. The summed E-state index contributed by atoms with van der Waals surface area (Å²) in [4.78, 5) is 4.31. The summed E-state index contributed by atoms with van der Waals surface area (Å²) in [6.07, 6.45) is 5.03. The predicted octanol–water partition coefficient (Wildman–Crippen LogP) is 1.43. The van der Waals surface area contributed by atoms with E-state index in [0.717, 1.165) is 18.8 Å². The fourth-order valence-electron chi connectivity index (χ4n) is 2.19. The number of aliphatic hydroxyl groups is 1. The fourth-order valence-corrected chi connectivity index (χ4v) is 2.19. The van der Waals surface area contributed by atoms with Gasteiger partial charge in [0.15, 0.2) is 0 Å². The van der Waals surface area contributed by atoms with Crippen molar-refractivity contribution in [2.75, 3.05) is 6.54 Å². The smallest absolute Gasteiger partial charge is 0.111 e. The van der Waals surface area contributed by atoms with Crippen molar-refractivity contribution in [1.82, 2.24) is 9.55 Å². The Hall–Kier alpha value is -0.870. The third kappa shape index (κ3) is 3.82. The minimum absolute atomic E-state index is 0.141. The highest BCUT2D eigenvalue weighted by Crippen LogP contribution is 2.17. The fraction of sp³-hybridized carbons (Fsp3) is 0.769. The number of aryl methyl sites for hydroxylation is 1. The maximum Gasteiger partial charge on any atom is 0.111 e. The van der Waals surface area contributed by atoms with Crippen molar-refractivity contribution in [1.29, 1.82) is 0 Å². The molecule has 0 spiro atoms. The molecule has 3 N–H and O–H groups in total. The van der Waals surface area contributed by atoms with Crippen molar-refractivity contribution >= 4 is 0 Å². The Kier molecular flexibility index (Phi) is 5.65. The quantitative estimate of drug-likeness (QED) is 0.756. The van der Waals surface area contributed by atoms with Gasteiger partial charge in [-0.15, -0.1) is 0 Å². The second-order valence-electron chi connectivity index (χ2n) is 4.95. The first-order valence-electron chi connectivity index (χ1n) is 6.48. The molecule has 0 saturated heterocycles. The highest BCUT2D eigenvalue weighted by atomic mass is 16.3.